The smallest absolute Gasteiger partial charge is 0.188 e. The summed E-state index contributed by atoms with van der Waals surface area (Å²) in [6.45, 7) is 6.13. The van der Waals surface area contributed by atoms with Crippen molar-refractivity contribution in [3.05, 3.63) is 59.9 Å². The number of benzene rings is 1. The van der Waals surface area contributed by atoms with Gasteiger partial charge in [0.1, 0.15) is 12.4 Å². The Morgan fingerprint density at radius 2 is 2.00 bits per heavy atom. The Morgan fingerprint density at radius 1 is 1.21 bits per heavy atom. The van der Waals surface area contributed by atoms with Crippen molar-refractivity contribution in [2.45, 2.75) is 26.2 Å². The predicted octanol–water partition coefficient (Wildman–Crippen LogP) is 2.73. The van der Waals surface area contributed by atoms with Crippen LogP contribution in [-0.4, -0.2) is 30.6 Å². The number of nitrogens with zero attached hydrogens (tertiary/aromatic N) is 2. The third-order valence-electron chi connectivity index (χ3n) is 3.60. The number of aromatic nitrogens is 1. The Balaban J connectivity index is 1.63. The van der Waals surface area contributed by atoms with Gasteiger partial charge in [0, 0.05) is 24.9 Å². The third-order valence-corrected chi connectivity index (χ3v) is 3.60. The standard InChI is InChI=1S/C19H26N4O/c1-15(2)16-6-8-18(9-7-16)24-14-13-23-19(20)22-12-10-17-5-3-4-11-21-17/h3-9,11,15H,10,12-14H2,1-2H3,(H3,20,22,23). The highest BCUT2D eigenvalue weighted by atomic mass is 16.5. The van der Waals surface area contributed by atoms with Gasteiger partial charge in [-0.1, -0.05) is 32.0 Å². The van der Waals surface area contributed by atoms with Crippen LogP contribution in [0.3, 0.4) is 0 Å². The van der Waals surface area contributed by atoms with Crippen molar-refractivity contribution < 1.29 is 4.74 Å². The summed E-state index contributed by atoms with van der Waals surface area (Å²) in [6, 6.07) is 14.1. The van der Waals surface area contributed by atoms with Gasteiger partial charge in [-0.2, -0.15) is 0 Å². The molecule has 0 unspecified atom stereocenters. The second-order valence-corrected chi connectivity index (χ2v) is 5.84. The molecule has 0 atom stereocenters. The lowest BCUT2D eigenvalue weighted by Gasteiger charge is -2.10. The Morgan fingerprint density at radius 3 is 2.67 bits per heavy atom. The number of rotatable bonds is 8. The Kier molecular flexibility index (Phi) is 7.08. The van der Waals surface area contributed by atoms with Crippen LogP contribution in [0, 0.1) is 0 Å². The minimum Gasteiger partial charge on any atom is -0.492 e. The quantitative estimate of drug-likeness (QED) is 0.444. The van der Waals surface area contributed by atoms with E-state index in [1.54, 1.807) is 6.20 Å². The summed E-state index contributed by atoms with van der Waals surface area (Å²) in [7, 11) is 0. The molecule has 0 fully saturated rings. The van der Waals surface area contributed by atoms with Crippen LogP contribution in [-0.2, 0) is 6.42 Å². The van der Waals surface area contributed by atoms with Crippen molar-refractivity contribution in [2.75, 3.05) is 19.7 Å². The Bertz CT molecular complexity index is 624. The van der Waals surface area contributed by atoms with Crippen molar-refractivity contribution in [2.24, 2.45) is 10.7 Å². The lowest BCUT2D eigenvalue weighted by molar-refractivity contribution is 0.322. The molecule has 0 saturated heterocycles. The topological polar surface area (TPSA) is 72.5 Å². The second kappa shape index (κ2) is 9.55. The maximum Gasteiger partial charge on any atom is 0.188 e. The van der Waals surface area contributed by atoms with E-state index in [2.05, 4.69) is 41.3 Å². The zero-order valence-corrected chi connectivity index (χ0v) is 14.4. The van der Waals surface area contributed by atoms with Crippen LogP contribution in [0.5, 0.6) is 5.75 Å². The van der Waals surface area contributed by atoms with E-state index in [9.17, 15) is 0 Å². The van der Waals surface area contributed by atoms with E-state index in [0.29, 0.717) is 31.6 Å². The second-order valence-electron chi connectivity index (χ2n) is 5.84. The monoisotopic (exact) mass is 326 g/mol. The summed E-state index contributed by atoms with van der Waals surface area (Å²) in [5.74, 6) is 1.83. The van der Waals surface area contributed by atoms with Crippen LogP contribution in [0.2, 0.25) is 0 Å². The van der Waals surface area contributed by atoms with Gasteiger partial charge in [0.25, 0.3) is 0 Å². The maximum absolute atomic E-state index is 5.83. The minimum atomic E-state index is 0.435. The molecule has 0 aliphatic carbocycles. The fraction of sp³-hybridized carbons (Fsp3) is 0.368. The summed E-state index contributed by atoms with van der Waals surface area (Å²) < 4.78 is 5.68. The van der Waals surface area contributed by atoms with Crippen molar-refractivity contribution in [3.8, 4) is 5.75 Å². The van der Waals surface area contributed by atoms with Gasteiger partial charge >= 0.3 is 0 Å². The van der Waals surface area contributed by atoms with Gasteiger partial charge in [0.05, 0.1) is 6.54 Å². The van der Waals surface area contributed by atoms with Gasteiger partial charge in [-0.3, -0.25) is 9.98 Å². The molecule has 5 nitrogen and oxygen atoms in total. The lowest BCUT2D eigenvalue weighted by Crippen LogP contribution is -2.35. The highest BCUT2D eigenvalue weighted by Crippen LogP contribution is 2.18. The molecular formula is C19H26N4O. The number of hydrogen-bond acceptors (Lipinski definition) is 3. The highest BCUT2D eigenvalue weighted by Gasteiger charge is 1.99. The molecule has 128 valence electrons. The molecule has 3 N–H and O–H groups in total. The molecule has 0 saturated carbocycles. The highest BCUT2D eigenvalue weighted by molar-refractivity contribution is 5.77. The SMILES string of the molecule is CC(C)c1ccc(OCCNC(N)=NCCc2ccccn2)cc1. The molecular weight excluding hydrogens is 300 g/mol. The number of ether oxygens (including phenoxy) is 1. The van der Waals surface area contributed by atoms with Gasteiger partial charge in [0.15, 0.2) is 5.96 Å². The number of aliphatic imine (C=N–C) groups is 1. The number of pyridine rings is 1. The molecule has 2 rings (SSSR count). The largest absolute Gasteiger partial charge is 0.492 e. The molecule has 1 aromatic heterocycles. The minimum absolute atomic E-state index is 0.435. The van der Waals surface area contributed by atoms with Crippen LogP contribution in [0.1, 0.15) is 31.0 Å². The molecule has 0 amide bonds. The van der Waals surface area contributed by atoms with E-state index in [0.717, 1.165) is 17.9 Å². The number of nitrogens with two attached hydrogens (primary N) is 1. The first-order valence-electron chi connectivity index (χ1n) is 8.31. The third kappa shape index (κ3) is 6.28. The first-order valence-corrected chi connectivity index (χ1v) is 8.31. The summed E-state index contributed by atoms with van der Waals surface area (Å²) in [5, 5.41) is 3.05. The average molecular weight is 326 g/mol. The Hall–Kier alpha value is -2.56. The molecule has 1 heterocycles. The van der Waals surface area contributed by atoms with Gasteiger partial charge in [-0.15, -0.1) is 0 Å². The molecule has 0 bridgehead atoms. The van der Waals surface area contributed by atoms with E-state index in [1.807, 2.05) is 30.3 Å². The summed E-state index contributed by atoms with van der Waals surface area (Å²) in [5.41, 5.74) is 8.16. The zero-order chi connectivity index (χ0) is 17.2. The molecule has 0 aliphatic rings. The molecule has 0 radical (unpaired) electrons. The van der Waals surface area contributed by atoms with Gasteiger partial charge in [0.2, 0.25) is 0 Å². The van der Waals surface area contributed by atoms with Crippen LogP contribution in [0.25, 0.3) is 0 Å². The summed E-state index contributed by atoms with van der Waals surface area (Å²) >= 11 is 0. The van der Waals surface area contributed by atoms with E-state index in [-0.39, 0.29) is 0 Å². The van der Waals surface area contributed by atoms with E-state index < -0.39 is 0 Å². The van der Waals surface area contributed by atoms with E-state index >= 15 is 0 Å². The van der Waals surface area contributed by atoms with Crippen LogP contribution in [0.4, 0.5) is 0 Å². The van der Waals surface area contributed by atoms with Crippen molar-refractivity contribution in [1.82, 2.24) is 10.3 Å². The number of guanidine groups is 1. The lowest BCUT2D eigenvalue weighted by atomic mass is 10.0. The summed E-state index contributed by atoms with van der Waals surface area (Å²) in [6.07, 6.45) is 2.56. The molecule has 0 aliphatic heterocycles. The molecule has 2 aromatic rings. The van der Waals surface area contributed by atoms with Gasteiger partial charge in [-0.25, -0.2) is 0 Å². The zero-order valence-electron chi connectivity index (χ0n) is 14.4. The maximum atomic E-state index is 5.83. The predicted molar refractivity (Wildman–Crippen MR) is 98.5 cm³/mol. The van der Waals surface area contributed by atoms with E-state index in [1.165, 1.54) is 5.56 Å². The van der Waals surface area contributed by atoms with Crippen molar-refractivity contribution in [3.63, 3.8) is 0 Å². The average Bonchev–Trinajstić information content (AvgIpc) is 2.60. The number of nitrogens with one attached hydrogen (secondary N) is 1. The number of hydrogen-bond donors (Lipinski definition) is 2. The molecule has 1 aromatic carbocycles. The van der Waals surface area contributed by atoms with Gasteiger partial charge < -0.3 is 15.8 Å². The molecule has 5 heteroatoms. The normalized spacial score (nSPS) is 11.5. The first-order chi connectivity index (χ1) is 11.6. The van der Waals surface area contributed by atoms with Crippen molar-refractivity contribution >= 4 is 5.96 Å². The van der Waals surface area contributed by atoms with Gasteiger partial charge in [-0.05, 0) is 35.7 Å². The van der Waals surface area contributed by atoms with Crippen LogP contribution < -0.4 is 15.8 Å². The van der Waals surface area contributed by atoms with Crippen molar-refractivity contribution in [1.29, 1.82) is 0 Å². The molecule has 0 spiro atoms. The fourth-order valence-electron chi connectivity index (χ4n) is 2.19. The Labute approximate surface area is 144 Å². The van der Waals surface area contributed by atoms with Crippen LogP contribution >= 0.6 is 0 Å². The fourth-order valence-corrected chi connectivity index (χ4v) is 2.19. The molecule has 24 heavy (non-hydrogen) atoms. The summed E-state index contributed by atoms with van der Waals surface area (Å²) in [4.78, 5) is 8.53. The van der Waals surface area contributed by atoms with E-state index in [4.69, 9.17) is 10.5 Å². The van der Waals surface area contributed by atoms with Crippen LogP contribution in [0.15, 0.2) is 53.7 Å². The first kappa shape index (κ1) is 17.8.